The van der Waals surface area contributed by atoms with E-state index in [0.29, 0.717) is 41.7 Å². The van der Waals surface area contributed by atoms with Crippen molar-refractivity contribution >= 4 is 27.3 Å². The molecule has 1 amide bonds. The van der Waals surface area contributed by atoms with E-state index in [-0.39, 0.29) is 10.8 Å². The minimum atomic E-state index is -3.82. The summed E-state index contributed by atoms with van der Waals surface area (Å²) in [7, 11) is -3.82. The van der Waals surface area contributed by atoms with Crippen molar-refractivity contribution in [3.8, 4) is 11.5 Å². The lowest BCUT2D eigenvalue weighted by Crippen LogP contribution is -2.19. The van der Waals surface area contributed by atoms with Gasteiger partial charge in [-0.1, -0.05) is 12.1 Å². The maximum Gasteiger partial charge on any atom is 0.262 e. The van der Waals surface area contributed by atoms with Crippen molar-refractivity contribution in [2.75, 3.05) is 36.3 Å². The van der Waals surface area contributed by atoms with Gasteiger partial charge in [-0.25, -0.2) is 8.42 Å². The van der Waals surface area contributed by atoms with Crippen LogP contribution in [-0.2, 0) is 16.6 Å². The zero-order valence-electron chi connectivity index (χ0n) is 19.2. The van der Waals surface area contributed by atoms with Crippen LogP contribution in [0, 0.1) is 0 Å². The highest BCUT2D eigenvalue weighted by molar-refractivity contribution is 7.92. The molecule has 182 valence electrons. The number of sulfonamides is 1. The highest BCUT2D eigenvalue weighted by Crippen LogP contribution is 2.32. The van der Waals surface area contributed by atoms with Crippen LogP contribution in [0.15, 0.2) is 71.6 Å². The molecule has 5 rings (SSSR count). The molecule has 3 aromatic carbocycles. The molecule has 0 aliphatic carbocycles. The Kier molecular flexibility index (Phi) is 6.61. The Morgan fingerprint density at radius 2 is 1.57 bits per heavy atom. The summed E-state index contributed by atoms with van der Waals surface area (Å²) in [5.41, 5.74) is 2.65. The van der Waals surface area contributed by atoms with Gasteiger partial charge in [-0.2, -0.15) is 0 Å². The number of fused-ring (bicyclic) bond motifs is 1. The molecule has 0 bridgehead atoms. The highest BCUT2D eigenvalue weighted by atomic mass is 32.2. The van der Waals surface area contributed by atoms with Gasteiger partial charge in [0.25, 0.3) is 15.9 Å². The molecule has 35 heavy (non-hydrogen) atoms. The minimum Gasteiger partial charge on any atom is -0.486 e. The number of hydrogen-bond acceptors (Lipinski definition) is 6. The predicted molar refractivity (Wildman–Crippen MR) is 134 cm³/mol. The number of amides is 1. The third-order valence-electron chi connectivity index (χ3n) is 6.01. The van der Waals surface area contributed by atoms with E-state index < -0.39 is 10.0 Å². The number of likely N-dealkylation sites (tertiary alicyclic amines) is 1. The Morgan fingerprint density at radius 3 is 2.34 bits per heavy atom. The Morgan fingerprint density at radius 1 is 0.857 bits per heavy atom. The molecule has 0 atom stereocenters. The highest BCUT2D eigenvalue weighted by Gasteiger charge is 2.20. The summed E-state index contributed by atoms with van der Waals surface area (Å²) >= 11 is 0. The second kappa shape index (κ2) is 9.97. The van der Waals surface area contributed by atoms with Crippen LogP contribution < -0.4 is 19.5 Å². The number of rotatable bonds is 7. The summed E-state index contributed by atoms with van der Waals surface area (Å²) in [6.07, 6.45) is 2.45. The summed E-state index contributed by atoms with van der Waals surface area (Å²) < 4.78 is 39.1. The number of carbonyl (C=O) groups excluding carboxylic acids is 1. The lowest BCUT2D eigenvalue weighted by Gasteiger charge is -2.19. The summed E-state index contributed by atoms with van der Waals surface area (Å²) in [6.45, 7) is 3.85. The van der Waals surface area contributed by atoms with Gasteiger partial charge in [-0.15, -0.1) is 0 Å². The summed E-state index contributed by atoms with van der Waals surface area (Å²) in [6, 6.07) is 18.7. The van der Waals surface area contributed by atoms with E-state index >= 15 is 0 Å². The van der Waals surface area contributed by atoms with E-state index in [1.165, 1.54) is 25.0 Å². The number of benzene rings is 3. The van der Waals surface area contributed by atoms with Crippen molar-refractivity contribution in [2.24, 2.45) is 0 Å². The first-order valence-corrected chi connectivity index (χ1v) is 13.1. The van der Waals surface area contributed by atoms with E-state index in [1.807, 2.05) is 18.2 Å². The molecule has 0 aromatic heterocycles. The molecular weight excluding hydrogens is 466 g/mol. The zero-order chi connectivity index (χ0) is 24.3. The summed E-state index contributed by atoms with van der Waals surface area (Å²) in [5.74, 6) is 0.719. The average Bonchev–Trinajstić information content (AvgIpc) is 3.38. The molecular formula is C26H27N3O5S. The molecule has 0 unspecified atom stereocenters. The number of nitrogens with one attached hydrogen (secondary N) is 2. The third-order valence-corrected chi connectivity index (χ3v) is 7.39. The van der Waals surface area contributed by atoms with Gasteiger partial charge in [-0.05, 0) is 80.0 Å². The van der Waals surface area contributed by atoms with E-state index in [9.17, 15) is 13.2 Å². The van der Waals surface area contributed by atoms with Crippen molar-refractivity contribution in [3.63, 3.8) is 0 Å². The van der Waals surface area contributed by atoms with Gasteiger partial charge in [0, 0.05) is 29.5 Å². The quantitative estimate of drug-likeness (QED) is 0.514. The Balaban J connectivity index is 1.22. The van der Waals surface area contributed by atoms with Crippen LogP contribution in [0.5, 0.6) is 11.5 Å². The molecule has 2 N–H and O–H groups in total. The number of carbonyl (C=O) groups is 1. The van der Waals surface area contributed by atoms with Crippen LogP contribution in [0.3, 0.4) is 0 Å². The number of hydrogen-bond donors (Lipinski definition) is 2. The van der Waals surface area contributed by atoms with Gasteiger partial charge in [0.2, 0.25) is 0 Å². The van der Waals surface area contributed by atoms with Gasteiger partial charge in [0.1, 0.15) is 13.2 Å². The molecule has 0 saturated carbocycles. The average molecular weight is 494 g/mol. The number of anilines is 2. The van der Waals surface area contributed by atoms with Crippen molar-refractivity contribution < 1.29 is 22.7 Å². The lowest BCUT2D eigenvalue weighted by atomic mass is 10.1. The topological polar surface area (TPSA) is 97.0 Å². The smallest absolute Gasteiger partial charge is 0.262 e. The zero-order valence-corrected chi connectivity index (χ0v) is 20.0. The van der Waals surface area contributed by atoms with E-state index in [1.54, 1.807) is 36.4 Å². The van der Waals surface area contributed by atoms with Crippen LogP contribution in [0.1, 0.15) is 28.8 Å². The Hall–Kier alpha value is -3.56. The second-order valence-electron chi connectivity index (χ2n) is 8.63. The van der Waals surface area contributed by atoms with Crippen molar-refractivity contribution in [1.82, 2.24) is 4.90 Å². The molecule has 2 aliphatic rings. The second-order valence-corrected chi connectivity index (χ2v) is 10.3. The molecule has 9 heteroatoms. The van der Waals surface area contributed by atoms with Crippen molar-refractivity contribution in [2.45, 2.75) is 24.3 Å². The van der Waals surface area contributed by atoms with Crippen LogP contribution in [0.25, 0.3) is 0 Å². The van der Waals surface area contributed by atoms with Gasteiger partial charge in [0.15, 0.2) is 11.5 Å². The Bertz CT molecular complexity index is 1320. The molecule has 2 heterocycles. The fourth-order valence-corrected chi connectivity index (χ4v) is 5.31. The third kappa shape index (κ3) is 5.58. The van der Waals surface area contributed by atoms with E-state index in [0.717, 1.165) is 25.2 Å². The maximum absolute atomic E-state index is 12.8. The van der Waals surface area contributed by atoms with Crippen molar-refractivity contribution in [1.29, 1.82) is 0 Å². The van der Waals surface area contributed by atoms with Gasteiger partial charge in [0.05, 0.1) is 4.90 Å². The van der Waals surface area contributed by atoms with Crippen LogP contribution >= 0.6 is 0 Å². The van der Waals surface area contributed by atoms with Gasteiger partial charge in [-0.3, -0.25) is 14.4 Å². The molecule has 3 aromatic rings. The maximum atomic E-state index is 12.8. The first-order chi connectivity index (χ1) is 17.0. The largest absolute Gasteiger partial charge is 0.486 e. The van der Waals surface area contributed by atoms with Gasteiger partial charge >= 0.3 is 0 Å². The SMILES string of the molecule is O=C(Nc1ccc(NS(=O)(=O)c2ccc3c(c2)OCCO3)cc1)c1cccc(CN2CCCC2)c1. The summed E-state index contributed by atoms with van der Waals surface area (Å²) in [5, 5.41) is 2.87. The fraction of sp³-hybridized carbons (Fsp3) is 0.269. The molecule has 8 nitrogen and oxygen atoms in total. The summed E-state index contributed by atoms with van der Waals surface area (Å²) in [4.78, 5) is 15.2. The minimum absolute atomic E-state index is 0.0768. The first-order valence-electron chi connectivity index (χ1n) is 11.6. The van der Waals surface area contributed by atoms with Crippen LogP contribution in [0.2, 0.25) is 0 Å². The predicted octanol–water partition coefficient (Wildman–Crippen LogP) is 4.11. The fourth-order valence-electron chi connectivity index (χ4n) is 4.24. The molecule has 0 radical (unpaired) electrons. The lowest BCUT2D eigenvalue weighted by molar-refractivity contribution is 0.102. The normalized spacial score (nSPS) is 15.5. The number of ether oxygens (including phenoxy) is 2. The van der Waals surface area contributed by atoms with Crippen LogP contribution in [0.4, 0.5) is 11.4 Å². The molecule has 1 saturated heterocycles. The number of nitrogens with zero attached hydrogens (tertiary/aromatic N) is 1. The Labute approximate surface area is 204 Å². The van der Waals surface area contributed by atoms with Gasteiger partial charge < -0.3 is 14.8 Å². The molecule has 2 aliphatic heterocycles. The van der Waals surface area contributed by atoms with Crippen LogP contribution in [-0.4, -0.2) is 45.5 Å². The first kappa shape index (κ1) is 23.2. The molecule has 1 fully saturated rings. The standard InChI is InChI=1S/C26H27N3O5S/c30-26(20-5-3-4-19(16-20)18-29-12-1-2-13-29)27-21-6-8-22(9-7-21)28-35(31,32)23-10-11-24-25(17-23)34-15-14-33-24/h3-11,16-17,28H,1-2,12-15,18H2,(H,27,30). The van der Waals surface area contributed by atoms with E-state index in [4.69, 9.17) is 9.47 Å². The van der Waals surface area contributed by atoms with Crippen molar-refractivity contribution in [3.05, 3.63) is 77.9 Å². The van der Waals surface area contributed by atoms with E-state index in [2.05, 4.69) is 14.9 Å². The monoisotopic (exact) mass is 493 g/mol. The molecule has 0 spiro atoms.